The van der Waals surface area contributed by atoms with Crippen LogP contribution in [0.3, 0.4) is 0 Å². The predicted octanol–water partition coefficient (Wildman–Crippen LogP) is -0.251. The second-order valence-electron chi connectivity index (χ2n) is 1.36. The van der Waals surface area contributed by atoms with E-state index >= 15 is 0 Å². The molecular formula is C4H2N4OS. The number of carbonyl (C=O) groups excluding carboxylic acids is 1. The van der Waals surface area contributed by atoms with Crippen molar-refractivity contribution in [3.63, 3.8) is 0 Å². The number of hydrogen-bond donors (Lipinski definition) is 1. The second kappa shape index (κ2) is 2.89. The monoisotopic (exact) mass is 154 g/mol. The highest BCUT2D eigenvalue weighted by Gasteiger charge is 2.05. The highest BCUT2D eigenvalue weighted by molar-refractivity contribution is 7.03. The fraction of sp³-hybridized carbons (Fsp3) is 0. The second-order valence-corrected chi connectivity index (χ2v) is 1.97. The molecule has 0 aromatic carbocycles. The Kier molecular flexibility index (Phi) is 1.92. The molecule has 0 radical (unpaired) electrons. The molecule has 0 bridgehead atoms. The molecule has 0 unspecified atom stereocenters. The SMILES string of the molecule is N#CNC(=O)c1csnn1. The minimum absolute atomic E-state index is 0.173. The normalized spacial score (nSPS) is 8.30. The van der Waals surface area contributed by atoms with Crippen molar-refractivity contribution in [2.45, 2.75) is 0 Å². The molecule has 1 heterocycles. The first kappa shape index (κ1) is 6.64. The molecule has 0 aliphatic carbocycles. The Morgan fingerprint density at radius 3 is 3.20 bits per heavy atom. The number of amides is 1. The van der Waals surface area contributed by atoms with Crippen molar-refractivity contribution < 1.29 is 4.79 Å². The predicted molar refractivity (Wildman–Crippen MR) is 33.0 cm³/mol. The van der Waals surface area contributed by atoms with Crippen molar-refractivity contribution in [2.75, 3.05) is 0 Å². The lowest BCUT2D eigenvalue weighted by Crippen LogP contribution is -2.17. The molecule has 0 spiro atoms. The number of hydrogen-bond acceptors (Lipinski definition) is 5. The van der Waals surface area contributed by atoms with Gasteiger partial charge in [-0.2, -0.15) is 5.26 Å². The van der Waals surface area contributed by atoms with Gasteiger partial charge >= 0.3 is 0 Å². The largest absolute Gasteiger partial charge is 0.285 e. The molecule has 0 aliphatic heterocycles. The maximum absolute atomic E-state index is 10.7. The molecule has 6 heteroatoms. The summed E-state index contributed by atoms with van der Waals surface area (Å²) >= 11 is 1.06. The van der Waals surface area contributed by atoms with Gasteiger partial charge in [0.2, 0.25) is 0 Å². The third-order valence-electron chi connectivity index (χ3n) is 0.762. The van der Waals surface area contributed by atoms with E-state index in [0.29, 0.717) is 0 Å². The van der Waals surface area contributed by atoms with Crippen LogP contribution in [0.4, 0.5) is 0 Å². The number of rotatable bonds is 1. The molecule has 50 valence electrons. The summed E-state index contributed by atoms with van der Waals surface area (Å²) in [6, 6.07) is 0. The van der Waals surface area contributed by atoms with Crippen molar-refractivity contribution in [2.24, 2.45) is 0 Å². The minimum atomic E-state index is -0.517. The first-order valence-electron chi connectivity index (χ1n) is 2.31. The standard InChI is InChI=1S/C4H2N4OS/c5-2-6-4(9)3-1-10-8-7-3/h1H,(H,6,9). The number of nitrogens with zero attached hydrogens (tertiary/aromatic N) is 3. The molecule has 0 atom stereocenters. The van der Waals surface area contributed by atoms with Crippen LogP contribution in [0.2, 0.25) is 0 Å². The van der Waals surface area contributed by atoms with E-state index in [0.717, 1.165) is 11.5 Å². The molecule has 5 nitrogen and oxygen atoms in total. The van der Waals surface area contributed by atoms with E-state index in [1.165, 1.54) is 11.6 Å². The number of carbonyl (C=O) groups is 1. The first-order chi connectivity index (χ1) is 4.84. The first-order valence-corrected chi connectivity index (χ1v) is 3.14. The van der Waals surface area contributed by atoms with E-state index in [4.69, 9.17) is 5.26 Å². The lowest BCUT2D eigenvalue weighted by molar-refractivity contribution is 0.0968. The highest BCUT2D eigenvalue weighted by Crippen LogP contribution is 1.94. The fourth-order valence-corrected chi connectivity index (χ4v) is 0.815. The van der Waals surface area contributed by atoms with E-state index in [9.17, 15) is 4.79 Å². The van der Waals surface area contributed by atoms with E-state index in [1.54, 1.807) is 0 Å². The third-order valence-corrected chi connectivity index (χ3v) is 1.27. The van der Waals surface area contributed by atoms with Crippen molar-refractivity contribution >= 4 is 17.4 Å². The van der Waals surface area contributed by atoms with Crippen LogP contribution in [0.5, 0.6) is 0 Å². The number of nitrogens with one attached hydrogen (secondary N) is 1. The van der Waals surface area contributed by atoms with Gasteiger partial charge in [0.25, 0.3) is 5.91 Å². The summed E-state index contributed by atoms with van der Waals surface area (Å²) in [5, 5.41) is 14.8. The van der Waals surface area contributed by atoms with Gasteiger partial charge in [0.15, 0.2) is 11.9 Å². The molecule has 1 rings (SSSR count). The van der Waals surface area contributed by atoms with Gasteiger partial charge in [-0.25, -0.2) is 0 Å². The zero-order valence-corrected chi connectivity index (χ0v) is 5.55. The Labute approximate surface area is 60.5 Å². The topological polar surface area (TPSA) is 78.7 Å². The van der Waals surface area contributed by atoms with Gasteiger partial charge in [0, 0.05) is 5.38 Å². The van der Waals surface area contributed by atoms with E-state index in [2.05, 4.69) is 9.59 Å². The van der Waals surface area contributed by atoms with Gasteiger partial charge < -0.3 is 0 Å². The van der Waals surface area contributed by atoms with Gasteiger partial charge in [-0.3, -0.25) is 10.1 Å². The third kappa shape index (κ3) is 1.27. The Balaban J connectivity index is 2.71. The summed E-state index contributed by atoms with van der Waals surface area (Å²) < 4.78 is 3.45. The Morgan fingerprint density at radius 1 is 1.90 bits per heavy atom. The van der Waals surface area contributed by atoms with Crippen LogP contribution in [0.15, 0.2) is 5.38 Å². The molecule has 0 saturated carbocycles. The van der Waals surface area contributed by atoms with Crippen LogP contribution >= 0.6 is 11.5 Å². The van der Waals surface area contributed by atoms with E-state index < -0.39 is 5.91 Å². The van der Waals surface area contributed by atoms with Crippen molar-refractivity contribution in [3.05, 3.63) is 11.1 Å². The summed E-state index contributed by atoms with van der Waals surface area (Å²) in [5.41, 5.74) is 0.173. The average Bonchev–Trinajstić information content (AvgIpc) is 2.38. The Bertz CT molecular complexity index is 261. The number of aromatic nitrogens is 2. The quantitative estimate of drug-likeness (QED) is 0.446. The molecule has 1 aromatic heterocycles. The van der Waals surface area contributed by atoms with Crippen LogP contribution in [0, 0.1) is 11.5 Å². The van der Waals surface area contributed by atoms with Gasteiger partial charge in [0.1, 0.15) is 0 Å². The van der Waals surface area contributed by atoms with Crippen LogP contribution in [-0.2, 0) is 0 Å². The lowest BCUT2D eigenvalue weighted by Gasteiger charge is -1.85. The van der Waals surface area contributed by atoms with Gasteiger partial charge in [-0.1, -0.05) is 4.49 Å². The maximum atomic E-state index is 10.7. The van der Waals surface area contributed by atoms with Crippen LogP contribution in [0.1, 0.15) is 10.5 Å². The van der Waals surface area contributed by atoms with Crippen molar-refractivity contribution in [3.8, 4) is 6.19 Å². The smallest absolute Gasteiger partial charge is 0.266 e. The zero-order valence-electron chi connectivity index (χ0n) is 4.74. The molecule has 1 N–H and O–H groups in total. The van der Waals surface area contributed by atoms with Crippen LogP contribution < -0.4 is 5.32 Å². The molecule has 0 aliphatic rings. The van der Waals surface area contributed by atoms with Crippen molar-refractivity contribution in [1.29, 1.82) is 5.26 Å². The minimum Gasteiger partial charge on any atom is -0.266 e. The fourth-order valence-electron chi connectivity index (χ4n) is 0.378. The molecule has 0 saturated heterocycles. The van der Waals surface area contributed by atoms with Crippen molar-refractivity contribution in [1.82, 2.24) is 14.9 Å². The molecule has 1 aromatic rings. The Morgan fingerprint density at radius 2 is 2.70 bits per heavy atom. The summed E-state index contributed by atoms with van der Waals surface area (Å²) in [6.45, 7) is 0. The average molecular weight is 154 g/mol. The Hall–Kier alpha value is -1.48. The van der Waals surface area contributed by atoms with Crippen LogP contribution in [0.25, 0.3) is 0 Å². The summed E-state index contributed by atoms with van der Waals surface area (Å²) in [4.78, 5) is 10.7. The van der Waals surface area contributed by atoms with Gasteiger partial charge in [0.05, 0.1) is 0 Å². The van der Waals surface area contributed by atoms with Gasteiger partial charge in [-0.15, -0.1) is 5.10 Å². The maximum Gasteiger partial charge on any atom is 0.285 e. The molecule has 1 amide bonds. The van der Waals surface area contributed by atoms with Gasteiger partial charge in [-0.05, 0) is 11.5 Å². The molecule has 10 heavy (non-hydrogen) atoms. The molecule has 0 fully saturated rings. The zero-order chi connectivity index (χ0) is 7.40. The summed E-state index contributed by atoms with van der Waals surface area (Å²) in [7, 11) is 0. The lowest BCUT2D eigenvalue weighted by atomic mass is 10.5. The molecular weight excluding hydrogens is 152 g/mol. The number of nitriles is 1. The summed E-state index contributed by atoms with van der Waals surface area (Å²) in [6.07, 6.45) is 1.49. The van der Waals surface area contributed by atoms with E-state index in [-0.39, 0.29) is 5.69 Å². The van der Waals surface area contributed by atoms with Crippen LogP contribution in [-0.4, -0.2) is 15.5 Å². The van der Waals surface area contributed by atoms with E-state index in [1.807, 2.05) is 5.32 Å². The summed E-state index contributed by atoms with van der Waals surface area (Å²) in [5.74, 6) is -0.517. The highest BCUT2D eigenvalue weighted by atomic mass is 32.1.